The maximum absolute atomic E-state index is 10.7. The van der Waals surface area contributed by atoms with Crippen LogP contribution in [0.5, 0.6) is 5.75 Å². The fraction of sp³-hybridized carbons (Fsp3) is 0.300. The summed E-state index contributed by atoms with van der Waals surface area (Å²) in [6, 6.07) is 6.28. The van der Waals surface area contributed by atoms with Gasteiger partial charge in [0.25, 0.3) is 5.69 Å². The van der Waals surface area contributed by atoms with Crippen LogP contribution in [0.4, 0.5) is 5.69 Å². The number of hydrogen-bond donors (Lipinski definition) is 1. The van der Waals surface area contributed by atoms with Crippen LogP contribution in [0.1, 0.15) is 6.92 Å². The second kappa shape index (κ2) is 5.12. The van der Waals surface area contributed by atoms with Crippen molar-refractivity contribution in [1.82, 2.24) is 0 Å². The SMILES string of the molecule is CC(N)(C#N)COc1cccc([N+](=O)[O-])c1Br. The second-order valence-corrected chi connectivity index (χ2v) is 4.46. The summed E-state index contributed by atoms with van der Waals surface area (Å²) < 4.78 is 5.52. The summed E-state index contributed by atoms with van der Waals surface area (Å²) in [5.74, 6) is 0.283. The van der Waals surface area contributed by atoms with E-state index in [2.05, 4.69) is 15.9 Å². The third-order valence-electron chi connectivity index (χ3n) is 1.92. The molecule has 0 radical (unpaired) electrons. The number of nitrogens with two attached hydrogens (primary N) is 1. The molecule has 7 heteroatoms. The van der Waals surface area contributed by atoms with Gasteiger partial charge in [0.1, 0.15) is 22.4 Å². The summed E-state index contributed by atoms with van der Waals surface area (Å²) in [6.45, 7) is 1.46. The maximum atomic E-state index is 10.7. The van der Waals surface area contributed by atoms with Gasteiger partial charge in [-0.2, -0.15) is 5.26 Å². The molecule has 0 heterocycles. The van der Waals surface area contributed by atoms with Crippen molar-refractivity contribution in [2.24, 2.45) is 5.73 Å². The molecule has 0 aromatic heterocycles. The summed E-state index contributed by atoms with van der Waals surface area (Å²) >= 11 is 3.08. The molecule has 17 heavy (non-hydrogen) atoms. The number of nitro benzene ring substituents is 1. The molecule has 0 bridgehead atoms. The molecule has 0 saturated carbocycles. The van der Waals surface area contributed by atoms with Gasteiger partial charge in [0.15, 0.2) is 0 Å². The molecule has 1 unspecified atom stereocenters. The fourth-order valence-corrected chi connectivity index (χ4v) is 1.54. The Hall–Kier alpha value is -1.65. The first-order chi connectivity index (χ1) is 7.87. The standard InChI is InChI=1S/C10H10BrN3O3/c1-10(13,5-12)6-17-8-4-2-3-7(9(8)11)14(15)16/h2-4H,6,13H2,1H3. The van der Waals surface area contributed by atoms with Crippen molar-refractivity contribution >= 4 is 21.6 Å². The largest absolute Gasteiger partial charge is 0.489 e. The van der Waals surface area contributed by atoms with Gasteiger partial charge in [0, 0.05) is 6.07 Å². The Labute approximate surface area is 106 Å². The summed E-state index contributed by atoms with van der Waals surface area (Å²) in [5, 5.41) is 19.4. The van der Waals surface area contributed by atoms with Crippen LogP contribution in [-0.4, -0.2) is 17.1 Å². The molecule has 1 aromatic rings. The first-order valence-electron chi connectivity index (χ1n) is 4.63. The highest BCUT2D eigenvalue weighted by molar-refractivity contribution is 9.10. The molecule has 1 atom stereocenters. The van der Waals surface area contributed by atoms with E-state index in [0.717, 1.165) is 0 Å². The van der Waals surface area contributed by atoms with Gasteiger partial charge in [-0.25, -0.2) is 0 Å². The van der Waals surface area contributed by atoms with Gasteiger partial charge >= 0.3 is 0 Å². The van der Waals surface area contributed by atoms with E-state index < -0.39 is 10.5 Å². The lowest BCUT2D eigenvalue weighted by atomic mass is 10.1. The number of nitrogens with zero attached hydrogens (tertiary/aromatic N) is 2. The minimum Gasteiger partial charge on any atom is -0.489 e. The zero-order valence-electron chi connectivity index (χ0n) is 9.01. The number of nitriles is 1. The van der Waals surface area contributed by atoms with E-state index in [1.807, 2.05) is 6.07 Å². The second-order valence-electron chi connectivity index (χ2n) is 3.66. The molecule has 1 aromatic carbocycles. The molecule has 0 aliphatic carbocycles. The van der Waals surface area contributed by atoms with Crippen LogP contribution < -0.4 is 10.5 Å². The maximum Gasteiger partial charge on any atom is 0.287 e. The number of hydrogen-bond acceptors (Lipinski definition) is 5. The van der Waals surface area contributed by atoms with Crippen LogP contribution in [0.15, 0.2) is 22.7 Å². The smallest absolute Gasteiger partial charge is 0.287 e. The zero-order chi connectivity index (χ0) is 13.1. The molecule has 0 fully saturated rings. The van der Waals surface area contributed by atoms with Crippen LogP contribution in [0.25, 0.3) is 0 Å². The predicted octanol–water partition coefficient (Wildman–Crippen LogP) is 1.98. The van der Waals surface area contributed by atoms with Crippen LogP contribution in [-0.2, 0) is 0 Å². The Morgan fingerprint density at radius 1 is 1.71 bits per heavy atom. The lowest BCUT2D eigenvalue weighted by Crippen LogP contribution is -2.40. The summed E-state index contributed by atoms with van der Waals surface area (Å²) in [6.07, 6.45) is 0. The van der Waals surface area contributed by atoms with E-state index >= 15 is 0 Å². The molecule has 1 rings (SSSR count). The number of rotatable bonds is 4. The zero-order valence-corrected chi connectivity index (χ0v) is 10.6. The van der Waals surface area contributed by atoms with Gasteiger partial charge in [0.05, 0.1) is 11.0 Å². The van der Waals surface area contributed by atoms with Crippen LogP contribution in [0.2, 0.25) is 0 Å². The average Bonchev–Trinajstić information content (AvgIpc) is 2.27. The third-order valence-corrected chi connectivity index (χ3v) is 2.72. The van der Waals surface area contributed by atoms with E-state index in [0.29, 0.717) is 0 Å². The highest BCUT2D eigenvalue weighted by atomic mass is 79.9. The van der Waals surface area contributed by atoms with Gasteiger partial charge < -0.3 is 10.5 Å². The van der Waals surface area contributed by atoms with Gasteiger partial charge in [-0.1, -0.05) is 6.07 Å². The van der Waals surface area contributed by atoms with Crippen molar-refractivity contribution in [2.75, 3.05) is 6.61 Å². The number of benzene rings is 1. The highest BCUT2D eigenvalue weighted by Crippen LogP contribution is 2.33. The summed E-state index contributed by atoms with van der Waals surface area (Å²) in [7, 11) is 0. The number of ether oxygens (including phenoxy) is 1. The first kappa shape index (κ1) is 13.4. The van der Waals surface area contributed by atoms with Gasteiger partial charge in [0.2, 0.25) is 0 Å². The van der Waals surface area contributed by atoms with Crippen molar-refractivity contribution in [2.45, 2.75) is 12.5 Å². The normalized spacial score (nSPS) is 13.5. The van der Waals surface area contributed by atoms with Crippen molar-refractivity contribution in [3.8, 4) is 11.8 Å². The highest BCUT2D eigenvalue weighted by Gasteiger charge is 2.21. The van der Waals surface area contributed by atoms with Crippen molar-refractivity contribution in [3.05, 3.63) is 32.8 Å². The molecule has 0 amide bonds. The molecule has 0 aliphatic heterocycles. The lowest BCUT2D eigenvalue weighted by molar-refractivity contribution is -0.385. The Morgan fingerprint density at radius 2 is 2.35 bits per heavy atom. The summed E-state index contributed by atoms with van der Waals surface area (Å²) in [5.41, 5.74) is 4.34. The topological polar surface area (TPSA) is 102 Å². The molecule has 0 aliphatic rings. The van der Waals surface area contributed by atoms with Gasteiger partial charge in [-0.05, 0) is 28.9 Å². The van der Waals surface area contributed by atoms with E-state index in [1.54, 1.807) is 6.07 Å². The Balaban J connectivity index is 2.91. The van der Waals surface area contributed by atoms with Crippen LogP contribution >= 0.6 is 15.9 Å². The minimum atomic E-state index is -1.13. The van der Waals surface area contributed by atoms with Gasteiger partial charge in [-0.15, -0.1) is 0 Å². The van der Waals surface area contributed by atoms with Crippen LogP contribution in [0, 0.1) is 21.4 Å². The van der Waals surface area contributed by atoms with E-state index in [9.17, 15) is 10.1 Å². The average molecular weight is 300 g/mol. The lowest BCUT2D eigenvalue weighted by Gasteiger charge is -2.16. The van der Waals surface area contributed by atoms with Gasteiger partial charge in [-0.3, -0.25) is 10.1 Å². The molecule has 2 N–H and O–H groups in total. The Bertz CT molecular complexity index is 482. The van der Waals surface area contributed by atoms with E-state index in [1.165, 1.54) is 19.1 Å². The first-order valence-corrected chi connectivity index (χ1v) is 5.42. The van der Waals surface area contributed by atoms with Crippen molar-refractivity contribution < 1.29 is 9.66 Å². The monoisotopic (exact) mass is 299 g/mol. The molecular formula is C10H10BrN3O3. The predicted molar refractivity (Wildman–Crippen MR) is 64.5 cm³/mol. The van der Waals surface area contributed by atoms with E-state index in [-0.39, 0.29) is 22.5 Å². The fourth-order valence-electron chi connectivity index (χ4n) is 1.01. The van der Waals surface area contributed by atoms with Crippen molar-refractivity contribution in [1.29, 1.82) is 5.26 Å². The number of nitro groups is 1. The molecule has 90 valence electrons. The van der Waals surface area contributed by atoms with Crippen molar-refractivity contribution in [3.63, 3.8) is 0 Å². The molecule has 0 saturated heterocycles. The Kier molecular flexibility index (Phi) is 4.04. The Morgan fingerprint density at radius 3 is 2.88 bits per heavy atom. The quantitative estimate of drug-likeness (QED) is 0.676. The van der Waals surface area contributed by atoms with Crippen LogP contribution in [0.3, 0.4) is 0 Å². The van der Waals surface area contributed by atoms with E-state index in [4.69, 9.17) is 15.7 Å². The minimum absolute atomic E-state index is 0.0523. The molecular weight excluding hydrogens is 290 g/mol. The number of halogens is 1. The molecule has 6 nitrogen and oxygen atoms in total. The molecule has 0 spiro atoms. The third kappa shape index (κ3) is 3.41. The summed E-state index contributed by atoms with van der Waals surface area (Å²) in [4.78, 5) is 10.1.